The van der Waals surface area contributed by atoms with Gasteiger partial charge in [-0.15, -0.1) is 0 Å². The van der Waals surface area contributed by atoms with Crippen LogP contribution >= 0.6 is 15.9 Å². The first-order valence-electron chi connectivity index (χ1n) is 6.42. The Hall–Kier alpha value is -1.92. The fraction of sp³-hybridized carbons (Fsp3) is 0.200. The third-order valence-electron chi connectivity index (χ3n) is 3.18. The first kappa shape index (κ1) is 15.5. The molecule has 0 spiro atoms. The molecule has 0 atom stereocenters. The average molecular weight is 350 g/mol. The number of halogens is 1. The summed E-state index contributed by atoms with van der Waals surface area (Å²) in [5, 5.41) is 10.9. The lowest BCUT2D eigenvalue weighted by Crippen LogP contribution is -2.18. The van der Waals surface area contributed by atoms with Crippen molar-refractivity contribution in [1.82, 2.24) is 4.90 Å². The molecule has 0 heterocycles. The summed E-state index contributed by atoms with van der Waals surface area (Å²) < 4.78 is 1.04. The van der Waals surface area contributed by atoms with Crippen LogP contribution in [0.5, 0.6) is 0 Å². The van der Waals surface area contributed by atoms with Gasteiger partial charge in [-0.2, -0.15) is 0 Å². The molecule has 0 radical (unpaired) electrons. The molecule has 0 aromatic heterocycles. The van der Waals surface area contributed by atoms with E-state index in [0.717, 1.165) is 16.6 Å². The van der Waals surface area contributed by atoms with Crippen LogP contribution in [0.15, 0.2) is 46.9 Å². The normalized spacial score (nSPS) is 10.8. The quantitative estimate of drug-likeness (QED) is 0.508. The molecule has 0 bridgehead atoms. The SMILES string of the molecule is CN(Cc1ccc(Br)cc1)Cc1cccc([N+](=O)[O-])c1N. The van der Waals surface area contributed by atoms with Crippen molar-refractivity contribution < 1.29 is 4.92 Å². The van der Waals surface area contributed by atoms with Gasteiger partial charge in [0.05, 0.1) is 4.92 Å². The van der Waals surface area contributed by atoms with Crippen molar-refractivity contribution in [2.75, 3.05) is 12.8 Å². The van der Waals surface area contributed by atoms with Crippen LogP contribution < -0.4 is 5.73 Å². The molecule has 2 aromatic carbocycles. The molecular formula is C15H16BrN3O2. The minimum Gasteiger partial charge on any atom is -0.393 e. The summed E-state index contributed by atoms with van der Waals surface area (Å²) in [6.07, 6.45) is 0. The van der Waals surface area contributed by atoms with Crippen molar-refractivity contribution in [2.24, 2.45) is 0 Å². The summed E-state index contributed by atoms with van der Waals surface area (Å²) in [5.41, 5.74) is 8.01. The molecular weight excluding hydrogens is 334 g/mol. The molecule has 0 saturated heterocycles. The number of anilines is 1. The van der Waals surface area contributed by atoms with Gasteiger partial charge in [0, 0.05) is 23.6 Å². The monoisotopic (exact) mass is 349 g/mol. The minimum absolute atomic E-state index is 0.0375. The van der Waals surface area contributed by atoms with E-state index in [1.807, 2.05) is 37.4 Å². The van der Waals surface area contributed by atoms with Crippen LogP contribution in [0.2, 0.25) is 0 Å². The maximum absolute atomic E-state index is 10.9. The summed E-state index contributed by atoms with van der Waals surface area (Å²) in [6.45, 7) is 1.30. The van der Waals surface area contributed by atoms with Crippen molar-refractivity contribution in [3.8, 4) is 0 Å². The van der Waals surface area contributed by atoms with E-state index in [2.05, 4.69) is 20.8 Å². The predicted molar refractivity (Wildman–Crippen MR) is 86.8 cm³/mol. The summed E-state index contributed by atoms with van der Waals surface area (Å²) in [5.74, 6) is 0. The van der Waals surface area contributed by atoms with E-state index in [1.54, 1.807) is 6.07 Å². The van der Waals surface area contributed by atoms with Gasteiger partial charge in [-0.3, -0.25) is 15.0 Å². The molecule has 0 fully saturated rings. The standard InChI is InChI=1S/C15H16BrN3O2/c1-18(9-11-5-7-13(16)8-6-11)10-12-3-2-4-14(15(12)17)19(20)21/h2-8H,9-10,17H2,1H3. The predicted octanol–water partition coefficient (Wildman–Crippen LogP) is 3.57. The Morgan fingerprint density at radius 1 is 1.19 bits per heavy atom. The van der Waals surface area contributed by atoms with Gasteiger partial charge in [0.1, 0.15) is 5.69 Å². The second-order valence-corrected chi connectivity index (χ2v) is 5.82. The number of para-hydroxylation sites is 1. The van der Waals surface area contributed by atoms with Crippen LogP contribution in [0.4, 0.5) is 11.4 Å². The molecule has 0 unspecified atom stereocenters. The van der Waals surface area contributed by atoms with Crippen LogP contribution in [0.3, 0.4) is 0 Å². The van der Waals surface area contributed by atoms with E-state index in [9.17, 15) is 10.1 Å². The maximum Gasteiger partial charge on any atom is 0.292 e. The zero-order chi connectivity index (χ0) is 15.4. The molecule has 21 heavy (non-hydrogen) atoms. The number of nitrogen functional groups attached to an aromatic ring is 1. The topological polar surface area (TPSA) is 72.4 Å². The largest absolute Gasteiger partial charge is 0.393 e. The summed E-state index contributed by atoms with van der Waals surface area (Å²) in [6, 6.07) is 13.0. The van der Waals surface area contributed by atoms with Gasteiger partial charge in [-0.05, 0) is 30.3 Å². The number of hydrogen-bond acceptors (Lipinski definition) is 4. The van der Waals surface area contributed by atoms with Crippen LogP contribution in [0.1, 0.15) is 11.1 Å². The van der Waals surface area contributed by atoms with Gasteiger partial charge in [0.2, 0.25) is 0 Å². The Balaban J connectivity index is 2.09. The number of nitrogens with zero attached hydrogens (tertiary/aromatic N) is 2. The third-order valence-corrected chi connectivity index (χ3v) is 3.70. The summed E-state index contributed by atoms with van der Waals surface area (Å²) in [4.78, 5) is 12.5. The van der Waals surface area contributed by atoms with E-state index in [-0.39, 0.29) is 11.4 Å². The fourth-order valence-electron chi connectivity index (χ4n) is 2.14. The highest BCUT2D eigenvalue weighted by atomic mass is 79.9. The van der Waals surface area contributed by atoms with Crippen molar-refractivity contribution in [3.05, 3.63) is 68.2 Å². The fourth-order valence-corrected chi connectivity index (χ4v) is 2.41. The lowest BCUT2D eigenvalue weighted by Gasteiger charge is -2.18. The molecule has 0 amide bonds. The van der Waals surface area contributed by atoms with E-state index < -0.39 is 4.92 Å². The van der Waals surface area contributed by atoms with E-state index >= 15 is 0 Å². The molecule has 5 nitrogen and oxygen atoms in total. The number of nitrogens with two attached hydrogens (primary N) is 1. The third kappa shape index (κ3) is 4.03. The molecule has 110 valence electrons. The van der Waals surface area contributed by atoms with Crippen molar-refractivity contribution in [3.63, 3.8) is 0 Å². The van der Waals surface area contributed by atoms with Crippen molar-refractivity contribution >= 4 is 27.3 Å². The number of rotatable bonds is 5. The highest BCUT2D eigenvalue weighted by Gasteiger charge is 2.15. The Labute approximate surface area is 131 Å². The smallest absolute Gasteiger partial charge is 0.292 e. The minimum atomic E-state index is -0.451. The van der Waals surface area contributed by atoms with E-state index in [1.165, 1.54) is 11.6 Å². The molecule has 2 N–H and O–H groups in total. The Kier molecular flexibility index (Phi) is 4.93. The maximum atomic E-state index is 10.9. The summed E-state index contributed by atoms with van der Waals surface area (Å²) in [7, 11) is 1.96. The van der Waals surface area contributed by atoms with Gasteiger partial charge < -0.3 is 5.73 Å². The van der Waals surface area contributed by atoms with Gasteiger partial charge in [0.25, 0.3) is 5.69 Å². The molecule has 2 rings (SSSR count). The molecule has 0 aliphatic rings. The van der Waals surface area contributed by atoms with Gasteiger partial charge >= 0.3 is 0 Å². The van der Waals surface area contributed by atoms with Crippen LogP contribution in [0, 0.1) is 10.1 Å². The van der Waals surface area contributed by atoms with Crippen LogP contribution in [-0.2, 0) is 13.1 Å². The molecule has 0 saturated carbocycles. The number of benzene rings is 2. The van der Waals surface area contributed by atoms with Gasteiger partial charge in [0.15, 0.2) is 0 Å². The number of nitro benzene ring substituents is 1. The second-order valence-electron chi connectivity index (χ2n) is 4.91. The zero-order valence-corrected chi connectivity index (χ0v) is 13.2. The summed E-state index contributed by atoms with van der Waals surface area (Å²) >= 11 is 3.40. The Morgan fingerprint density at radius 3 is 2.48 bits per heavy atom. The molecule has 0 aliphatic carbocycles. The van der Waals surface area contributed by atoms with Crippen molar-refractivity contribution in [1.29, 1.82) is 0 Å². The van der Waals surface area contributed by atoms with Crippen LogP contribution in [-0.4, -0.2) is 16.9 Å². The Bertz CT molecular complexity index is 644. The molecule has 0 aliphatic heterocycles. The van der Waals surface area contributed by atoms with E-state index in [4.69, 9.17) is 5.73 Å². The van der Waals surface area contributed by atoms with E-state index in [0.29, 0.717) is 6.54 Å². The highest BCUT2D eigenvalue weighted by molar-refractivity contribution is 9.10. The first-order chi connectivity index (χ1) is 9.97. The highest BCUT2D eigenvalue weighted by Crippen LogP contribution is 2.26. The lowest BCUT2D eigenvalue weighted by molar-refractivity contribution is -0.384. The molecule has 2 aromatic rings. The lowest BCUT2D eigenvalue weighted by atomic mass is 10.1. The second kappa shape index (κ2) is 6.69. The van der Waals surface area contributed by atoms with Gasteiger partial charge in [-0.1, -0.05) is 40.2 Å². The number of hydrogen-bond donors (Lipinski definition) is 1. The average Bonchev–Trinajstić information content (AvgIpc) is 2.43. The van der Waals surface area contributed by atoms with Gasteiger partial charge in [-0.25, -0.2) is 0 Å². The molecule has 6 heteroatoms. The van der Waals surface area contributed by atoms with Crippen molar-refractivity contribution in [2.45, 2.75) is 13.1 Å². The zero-order valence-electron chi connectivity index (χ0n) is 11.6. The first-order valence-corrected chi connectivity index (χ1v) is 7.21. The number of nitro groups is 1. The van der Waals surface area contributed by atoms with Crippen LogP contribution in [0.25, 0.3) is 0 Å². The Morgan fingerprint density at radius 2 is 1.86 bits per heavy atom.